The Labute approximate surface area is 230 Å². The third-order valence-electron chi connectivity index (χ3n) is 7.79. The van der Waals surface area contributed by atoms with Gasteiger partial charge in [0, 0.05) is 29.4 Å². The second kappa shape index (κ2) is 9.41. The zero-order valence-electron chi connectivity index (χ0n) is 21.5. The van der Waals surface area contributed by atoms with E-state index in [0.717, 1.165) is 27.9 Å². The first-order valence-electron chi connectivity index (χ1n) is 13.1. The topological polar surface area (TPSA) is 77.1 Å². The maximum atomic E-state index is 14.2. The number of carbonyl (C=O) groups is 2. The summed E-state index contributed by atoms with van der Waals surface area (Å²) in [6.07, 6.45) is 0.594. The predicted octanol–water partition coefficient (Wildman–Crippen LogP) is 4.75. The molecule has 0 saturated carbocycles. The molecule has 1 atom stereocenters. The number of rotatable bonds is 6. The summed E-state index contributed by atoms with van der Waals surface area (Å²) in [6, 6.07) is 25.0. The fraction of sp³-hybridized carbons (Fsp3) is 0.188. The summed E-state index contributed by atoms with van der Waals surface area (Å²) < 4.78 is 30.3. The van der Waals surface area contributed by atoms with E-state index >= 15 is 0 Å². The van der Waals surface area contributed by atoms with Gasteiger partial charge in [-0.3, -0.25) is 9.59 Å². The van der Waals surface area contributed by atoms with Gasteiger partial charge in [-0.1, -0.05) is 42.5 Å². The third kappa shape index (κ3) is 3.87. The molecule has 4 aromatic carbocycles. The number of benzene rings is 4. The Kier molecular flexibility index (Phi) is 5.70. The van der Waals surface area contributed by atoms with Gasteiger partial charge in [-0.25, -0.2) is 4.39 Å². The lowest BCUT2D eigenvalue weighted by atomic mass is 9.77. The molecular weight excluding hydrogens is 511 g/mol. The Balaban J connectivity index is 1.13. The molecule has 2 amide bonds. The van der Waals surface area contributed by atoms with Gasteiger partial charge in [0.25, 0.3) is 5.91 Å². The summed E-state index contributed by atoms with van der Waals surface area (Å²) in [5.74, 6) is 1.26. The van der Waals surface area contributed by atoms with Crippen LogP contribution in [0.2, 0.25) is 0 Å². The van der Waals surface area contributed by atoms with Crippen molar-refractivity contribution in [1.82, 2.24) is 5.32 Å². The van der Waals surface area contributed by atoms with Crippen LogP contribution >= 0.6 is 0 Å². The first kappa shape index (κ1) is 24.2. The van der Waals surface area contributed by atoms with Gasteiger partial charge >= 0.3 is 0 Å². The first-order valence-corrected chi connectivity index (χ1v) is 13.1. The number of hydrogen-bond acceptors (Lipinski definition) is 5. The van der Waals surface area contributed by atoms with E-state index in [1.54, 1.807) is 29.2 Å². The van der Waals surface area contributed by atoms with Crippen LogP contribution < -0.4 is 24.4 Å². The molecule has 1 spiro atoms. The predicted molar refractivity (Wildman–Crippen MR) is 145 cm³/mol. The van der Waals surface area contributed by atoms with Crippen molar-refractivity contribution in [2.24, 2.45) is 0 Å². The van der Waals surface area contributed by atoms with Crippen molar-refractivity contribution in [2.45, 2.75) is 18.4 Å². The van der Waals surface area contributed by atoms with Crippen LogP contribution in [-0.2, 0) is 23.2 Å². The largest absolute Gasteiger partial charge is 0.491 e. The number of carbonyl (C=O) groups excluding carboxylic acids is 2. The maximum Gasteiger partial charge on any atom is 0.251 e. The third-order valence-corrected chi connectivity index (χ3v) is 7.79. The summed E-state index contributed by atoms with van der Waals surface area (Å²) in [4.78, 5) is 28.9. The number of para-hydroxylation sites is 1. The molecule has 0 aromatic heterocycles. The Morgan fingerprint density at radius 3 is 2.50 bits per heavy atom. The number of nitrogens with one attached hydrogen (secondary N) is 1. The van der Waals surface area contributed by atoms with Gasteiger partial charge < -0.3 is 24.4 Å². The molecule has 3 aliphatic rings. The molecule has 40 heavy (non-hydrogen) atoms. The first-order chi connectivity index (χ1) is 19.5. The van der Waals surface area contributed by atoms with Crippen LogP contribution in [0.25, 0.3) is 0 Å². The van der Waals surface area contributed by atoms with E-state index in [2.05, 4.69) is 5.32 Å². The lowest BCUT2D eigenvalue weighted by Crippen LogP contribution is -2.42. The van der Waals surface area contributed by atoms with Crippen molar-refractivity contribution in [2.75, 3.05) is 24.8 Å². The molecule has 4 aromatic rings. The number of anilines is 1. The molecular formula is C32H25FN2O5. The van der Waals surface area contributed by atoms with Crippen molar-refractivity contribution in [3.05, 3.63) is 119 Å². The van der Waals surface area contributed by atoms with E-state index < -0.39 is 5.41 Å². The summed E-state index contributed by atoms with van der Waals surface area (Å²) in [7, 11) is 0. The lowest BCUT2D eigenvalue weighted by molar-refractivity contribution is -0.122. The van der Waals surface area contributed by atoms with E-state index in [4.69, 9.17) is 14.2 Å². The van der Waals surface area contributed by atoms with Gasteiger partial charge in [-0.05, 0) is 59.5 Å². The highest BCUT2D eigenvalue weighted by atomic mass is 19.1. The fourth-order valence-corrected chi connectivity index (χ4v) is 5.79. The van der Waals surface area contributed by atoms with E-state index in [-0.39, 0.29) is 31.0 Å². The molecule has 7 nitrogen and oxygen atoms in total. The number of fused-ring (bicyclic) bond motifs is 5. The molecule has 3 heterocycles. The second-order valence-electron chi connectivity index (χ2n) is 10.1. The molecule has 0 fully saturated rings. The quantitative estimate of drug-likeness (QED) is 0.385. The molecule has 1 N–H and O–H groups in total. The number of hydrogen-bond donors (Lipinski definition) is 1. The molecule has 1 unspecified atom stereocenters. The number of amides is 2. The van der Waals surface area contributed by atoms with Crippen molar-refractivity contribution in [3.63, 3.8) is 0 Å². The van der Waals surface area contributed by atoms with E-state index in [1.807, 2.05) is 48.5 Å². The van der Waals surface area contributed by atoms with Gasteiger partial charge in [-0.2, -0.15) is 0 Å². The normalized spacial score (nSPS) is 18.0. The molecule has 0 bridgehead atoms. The lowest BCUT2D eigenvalue weighted by Gasteiger charge is -2.23. The van der Waals surface area contributed by atoms with Gasteiger partial charge in [0.05, 0.1) is 6.54 Å². The molecule has 0 aliphatic carbocycles. The van der Waals surface area contributed by atoms with Gasteiger partial charge in [-0.15, -0.1) is 0 Å². The summed E-state index contributed by atoms with van der Waals surface area (Å²) in [5.41, 5.74) is 3.76. The van der Waals surface area contributed by atoms with Crippen molar-refractivity contribution in [3.8, 4) is 17.2 Å². The maximum absolute atomic E-state index is 14.2. The van der Waals surface area contributed by atoms with Crippen molar-refractivity contribution < 1.29 is 28.2 Å². The summed E-state index contributed by atoms with van der Waals surface area (Å²) >= 11 is 0. The highest BCUT2D eigenvalue weighted by Crippen LogP contribution is 2.55. The monoisotopic (exact) mass is 536 g/mol. The number of ether oxygens (including phenoxy) is 3. The van der Waals surface area contributed by atoms with Gasteiger partial charge in [0.15, 0.2) is 11.5 Å². The van der Waals surface area contributed by atoms with Crippen LogP contribution in [0, 0.1) is 5.82 Å². The smallest absolute Gasteiger partial charge is 0.251 e. The van der Waals surface area contributed by atoms with Crippen LogP contribution in [0.5, 0.6) is 17.2 Å². The summed E-state index contributed by atoms with van der Waals surface area (Å²) in [6.45, 7) is 1.05. The van der Waals surface area contributed by atoms with E-state index in [0.29, 0.717) is 42.3 Å². The zero-order valence-corrected chi connectivity index (χ0v) is 21.5. The second-order valence-corrected chi connectivity index (χ2v) is 10.1. The molecule has 0 saturated heterocycles. The van der Waals surface area contributed by atoms with E-state index in [9.17, 15) is 14.0 Å². The highest BCUT2D eigenvalue weighted by molar-refractivity contribution is 6.11. The molecule has 200 valence electrons. The number of nitrogens with zero attached hydrogens (tertiary/aromatic N) is 1. The minimum Gasteiger partial charge on any atom is -0.491 e. The zero-order chi connectivity index (χ0) is 27.3. The highest BCUT2D eigenvalue weighted by Gasteiger charge is 2.57. The van der Waals surface area contributed by atoms with Gasteiger partial charge in [0.1, 0.15) is 23.6 Å². The van der Waals surface area contributed by atoms with Crippen LogP contribution in [0.1, 0.15) is 32.6 Å². The van der Waals surface area contributed by atoms with Gasteiger partial charge in [0.2, 0.25) is 12.7 Å². The number of halogens is 1. The Morgan fingerprint density at radius 2 is 1.65 bits per heavy atom. The van der Waals surface area contributed by atoms with Crippen LogP contribution in [0.4, 0.5) is 10.1 Å². The fourth-order valence-electron chi connectivity index (χ4n) is 5.79. The molecule has 0 radical (unpaired) electrons. The Bertz CT molecular complexity index is 1650. The molecule has 3 aliphatic heterocycles. The Hall–Kier alpha value is -4.85. The minimum absolute atomic E-state index is 0.0829. The van der Waals surface area contributed by atoms with Crippen LogP contribution in [0.15, 0.2) is 84.9 Å². The van der Waals surface area contributed by atoms with Crippen molar-refractivity contribution >= 4 is 17.5 Å². The van der Waals surface area contributed by atoms with Crippen LogP contribution in [0.3, 0.4) is 0 Å². The Morgan fingerprint density at radius 1 is 0.850 bits per heavy atom. The SMILES string of the molecule is O=C(NCCc1ccc(F)cc1)c1cccc(CN2C(=O)C3(COc4cc5c(cc43)OCO5)c3ccccc32)c1. The van der Waals surface area contributed by atoms with E-state index in [1.165, 1.54) is 12.1 Å². The minimum atomic E-state index is -0.984. The van der Waals surface area contributed by atoms with Crippen LogP contribution in [-0.4, -0.2) is 31.8 Å². The average Bonchev–Trinajstić information content (AvgIpc) is 3.65. The molecule has 7 rings (SSSR count). The molecule has 8 heteroatoms. The standard InChI is InChI=1S/C32H25FN2O5/c33-23-10-8-20(9-11-23)12-13-34-30(36)22-5-3-4-21(14-22)17-35-26-7-2-1-6-24(26)32(31(35)37)18-38-27-16-29-28(15-25(27)32)39-19-40-29/h1-11,14-16H,12-13,17-19H2,(H,34,36). The van der Waals surface area contributed by atoms with Crippen molar-refractivity contribution in [1.29, 1.82) is 0 Å². The summed E-state index contributed by atoms with van der Waals surface area (Å²) in [5, 5.41) is 2.93. The average molecular weight is 537 g/mol.